The largest absolute Gasteiger partial charge is 0.388 e. The minimum absolute atomic E-state index is 0.319. The molecule has 1 aliphatic rings. The lowest BCUT2D eigenvalue weighted by atomic mass is 10.1. The van der Waals surface area contributed by atoms with Crippen LogP contribution in [0.5, 0.6) is 0 Å². The summed E-state index contributed by atoms with van der Waals surface area (Å²) in [4.78, 5) is 2.41. The molecule has 0 bridgehead atoms. The summed E-state index contributed by atoms with van der Waals surface area (Å²) in [7, 11) is 0. The molecule has 0 aliphatic heterocycles. The summed E-state index contributed by atoms with van der Waals surface area (Å²) in [6, 6.07) is 9.28. The smallest absolute Gasteiger partial charge is 0.128 e. The van der Waals surface area contributed by atoms with E-state index in [0.29, 0.717) is 18.0 Å². The van der Waals surface area contributed by atoms with Crippen LogP contribution in [0.25, 0.3) is 0 Å². The number of halogens is 1. The monoisotopic (exact) mass is 305 g/mol. The Bertz CT molecular complexity index is 568. The van der Waals surface area contributed by atoms with E-state index < -0.39 is 6.10 Å². The zero-order valence-electron chi connectivity index (χ0n) is 11.9. The van der Waals surface area contributed by atoms with Crippen LogP contribution in [-0.4, -0.2) is 22.6 Å². The van der Waals surface area contributed by atoms with Crippen molar-refractivity contribution in [2.75, 3.05) is 6.54 Å². The SMILES string of the molecule is OC(CCN(Cc1ccsc1)C1CC1)c1ccccc1F. The third-order valence-corrected chi connectivity index (χ3v) is 4.72. The second kappa shape index (κ2) is 6.69. The lowest BCUT2D eigenvalue weighted by Crippen LogP contribution is -2.27. The van der Waals surface area contributed by atoms with Crippen molar-refractivity contribution in [3.8, 4) is 0 Å². The van der Waals surface area contributed by atoms with Gasteiger partial charge in [-0.3, -0.25) is 4.90 Å². The van der Waals surface area contributed by atoms with E-state index in [9.17, 15) is 9.50 Å². The Kier molecular flexibility index (Phi) is 4.68. The lowest BCUT2D eigenvalue weighted by molar-refractivity contribution is 0.133. The Morgan fingerprint density at radius 2 is 2.10 bits per heavy atom. The average Bonchev–Trinajstić information content (AvgIpc) is 3.21. The summed E-state index contributed by atoms with van der Waals surface area (Å²) in [6.07, 6.45) is 2.32. The molecule has 0 saturated heterocycles. The molecule has 0 spiro atoms. The quantitative estimate of drug-likeness (QED) is 0.836. The number of benzene rings is 1. The molecule has 2 aromatic rings. The maximum absolute atomic E-state index is 13.7. The van der Waals surface area contributed by atoms with E-state index in [1.807, 2.05) is 0 Å². The third-order valence-electron chi connectivity index (χ3n) is 3.98. The van der Waals surface area contributed by atoms with Gasteiger partial charge in [0.1, 0.15) is 5.82 Å². The summed E-state index contributed by atoms with van der Waals surface area (Å²) in [5.74, 6) is -0.319. The summed E-state index contributed by atoms with van der Waals surface area (Å²) in [5, 5.41) is 14.5. The molecule has 21 heavy (non-hydrogen) atoms. The maximum atomic E-state index is 13.7. The maximum Gasteiger partial charge on any atom is 0.128 e. The summed E-state index contributed by atoms with van der Waals surface area (Å²) >= 11 is 1.71. The molecule has 1 atom stereocenters. The van der Waals surface area contributed by atoms with E-state index in [1.165, 1.54) is 24.5 Å². The van der Waals surface area contributed by atoms with Crippen molar-refractivity contribution in [2.24, 2.45) is 0 Å². The van der Waals surface area contributed by atoms with Crippen LogP contribution in [0, 0.1) is 5.82 Å². The fraction of sp³-hybridized carbons (Fsp3) is 0.412. The van der Waals surface area contributed by atoms with Crippen LogP contribution < -0.4 is 0 Å². The zero-order chi connectivity index (χ0) is 14.7. The van der Waals surface area contributed by atoms with Gasteiger partial charge in [-0.2, -0.15) is 11.3 Å². The molecule has 0 radical (unpaired) electrons. The van der Waals surface area contributed by atoms with Crippen LogP contribution in [-0.2, 0) is 6.54 Å². The molecule has 1 fully saturated rings. The Morgan fingerprint density at radius 3 is 2.76 bits per heavy atom. The molecule has 1 aliphatic carbocycles. The van der Waals surface area contributed by atoms with Gasteiger partial charge in [0.25, 0.3) is 0 Å². The van der Waals surface area contributed by atoms with Crippen molar-refractivity contribution in [2.45, 2.75) is 38.0 Å². The Balaban J connectivity index is 1.58. The van der Waals surface area contributed by atoms with Crippen LogP contribution in [0.4, 0.5) is 4.39 Å². The number of hydrogen-bond acceptors (Lipinski definition) is 3. The van der Waals surface area contributed by atoms with Gasteiger partial charge in [0.15, 0.2) is 0 Å². The van der Waals surface area contributed by atoms with Crippen molar-refractivity contribution < 1.29 is 9.50 Å². The van der Waals surface area contributed by atoms with Gasteiger partial charge in [-0.15, -0.1) is 0 Å². The molecule has 3 rings (SSSR count). The molecular weight excluding hydrogens is 285 g/mol. The summed E-state index contributed by atoms with van der Waals surface area (Å²) in [5.41, 5.74) is 1.73. The first-order valence-electron chi connectivity index (χ1n) is 7.41. The zero-order valence-corrected chi connectivity index (χ0v) is 12.7. The molecule has 1 unspecified atom stereocenters. The highest BCUT2D eigenvalue weighted by atomic mass is 32.1. The van der Waals surface area contributed by atoms with E-state index in [-0.39, 0.29) is 5.82 Å². The van der Waals surface area contributed by atoms with Crippen molar-refractivity contribution in [1.29, 1.82) is 0 Å². The van der Waals surface area contributed by atoms with Gasteiger partial charge in [0.05, 0.1) is 6.10 Å². The first-order chi connectivity index (χ1) is 10.2. The molecule has 112 valence electrons. The highest BCUT2D eigenvalue weighted by Crippen LogP contribution is 2.30. The molecule has 1 heterocycles. The van der Waals surface area contributed by atoms with Gasteiger partial charge in [-0.05, 0) is 47.7 Å². The van der Waals surface area contributed by atoms with E-state index in [1.54, 1.807) is 29.5 Å². The fourth-order valence-electron chi connectivity index (χ4n) is 2.64. The standard InChI is InChI=1S/C17H20FNOS/c18-16-4-2-1-3-15(16)17(20)7-9-19(14-5-6-14)11-13-8-10-21-12-13/h1-4,8,10,12,14,17,20H,5-7,9,11H2. The minimum atomic E-state index is -0.727. The Morgan fingerprint density at radius 1 is 1.29 bits per heavy atom. The minimum Gasteiger partial charge on any atom is -0.388 e. The third kappa shape index (κ3) is 3.90. The highest BCUT2D eigenvalue weighted by molar-refractivity contribution is 7.07. The first-order valence-corrected chi connectivity index (χ1v) is 8.36. The van der Waals surface area contributed by atoms with Gasteiger partial charge in [-0.1, -0.05) is 18.2 Å². The van der Waals surface area contributed by atoms with Gasteiger partial charge >= 0.3 is 0 Å². The first kappa shape index (κ1) is 14.7. The van der Waals surface area contributed by atoms with Crippen LogP contribution >= 0.6 is 11.3 Å². The fourth-order valence-corrected chi connectivity index (χ4v) is 3.30. The molecule has 0 amide bonds. The van der Waals surface area contributed by atoms with Crippen LogP contribution in [0.15, 0.2) is 41.1 Å². The van der Waals surface area contributed by atoms with E-state index >= 15 is 0 Å². The van der Waals surface area contributed by atoms with Crippen molar-refractivity contribution >= 4 is 11.3 Å². The van der Waals surface area contributed by atoms with Gasteiger partial charge in [-0.25, -0.2) is 4.39 Å². The van der Waals surface area contributed by atoms with Gasteiger partial charge in [0, 0.05) is 24.7 Å². The summed E-state index contributed by atoms with van der Waals surface area (Å²) in [6.45, 7) is 1.73. The molecule has 2 nitrogen and oxygen atoms in total. The van der Waals surface area contributed by atoms with Gasteiger partial charge in [0.2, 0.25) is 0 Å². The van der Waals surface area contributed by atoms with E-state index in [4.69, 9.17) is 0 Å². The van der Waals surface area contributed by atoms with Crippen LogP contribution in [0.2, 0.25) is 0 Å². The normalized spacial score (nSPS) is 16.3. The van der Waals surface area contributed by atoms with Crippen LogP contribution in [0.3, 0.4) is 0 Å². The molecular formula is C17H20FNOS. The van der Waals surface area contributed by atoms with Crippen molar-refractivity contribution in [1.82, 2.24) is 4.90 Å². The number of rotatable bonds is 7. The molecule has 1 aromatic heterocycles. The predicted molar refractivity (Wildman–Crippen MR) is 83.7 cm³/mol. The molecule has 1 N–H and O–H groups in total. The second-order valence-corrected chi connectivity index (χ2v) is 6.44. The Labute approximate surface area is 128 Å². The molecule has 4 heteroatoms. The average molecular weight is 305 g/mol. The van der Waals surface area contributed by atoms with Crippen molar-refractivity contribution in [3.63, 3.8) is 0 Å². The second-order valence-electron chi connectivity index (χ2n) is 5.66. The van der Waals surface area contributed by atoms with Gasteiger partial charge < -0.3 is 5.11 Å². The number of nitrogens with zero attached hydrogens (tertiary/aromatic N) is 1. The lowest BCUT2D eigenvalue weighted by Gasteiger charge is -2.23. The molecule has 1 saturated carbocycles. The van der Waals surface area contributed by atoms with E-state index in [0.717, 1.165) is 13.1 Å². The number of aliphatic hydroxyl groups excluding tert-OH is 1. The topological polar surface area (TPSA) is 23.5 Å². The van der Waals surface area contributed by atoms with Crippen molar-refractivity contribution in [3.05, 3.63) is 58.0 Å². The summed E-state index contributed by atoms with van der Waals surface area (Å²) < 4.78 is 13.7. The van der Waals surface area contributed by atoms with E-state index in [2.05, 4.69) is 21.7 Å². The Hall–Kier alpha value is -1.23. The number of aliphatic hydroxyl groups is 1. The number of hydrogen-bond donors (Lipinski definition) is 1. The number of thiophene rings is 1. The van der Waals surface area contributed by atoms with Crippen LogP contribution in [0.1, 0.15) is 36.5 Å². The molecule has 1 aromatic carbocycles. The predicted octanol–water partition coefficient (Wildman–Crippen LogP) is 3.98. The highest BCUT2D eigenvalue weighted by Gasteiger charge is 2.29.